The molecule has 2 aliphatic heterocycles. The lowest BCUT2D eigenvalue weighted by molar-refractivity contribution is 0.0730. The third kappa shape index (κ3) is 3.78. The summed E-state index contributed by atoms with van der Waals surface area (Å²) in [7, 11) is 0. The number of nitrogens with one attached hydrogen (secondary N) is 1. The maximum atomic E-state index is 16.0. The number of amidine groups is 1. The van der Waals surface area contributed by atoms with E-state index < -0.39 is 29.1 Å². The summed E-state index contributed by atoms with van der Waals surface area (Å²) in [6, 6.07) is 9.11. The van der Waals surface area contributed by atoms with E-state index in [-0.39, 0.29) is 24.2 Å². The number of hydrogen-bond donors (Lipinski definition) is 2. The minimum absolute atomic E-state index is 0.0410. The zero-order valence-electron chi connectivity index (χ0n) is 14.9. The van der Waals surface area contributed by atoms with Gasteiger partial charge in [-0.1, -0.05) is 18.2 Å². The molecule has 3 atom stereocenters. The van der Waals surface area contributed by atoms with Crippen molar-refractivity contribution in [1.29, 1.82) is 0 Å². The van der Waals surface area contributed by atoms with Gasteiger partial charge in [-0.25, -0.2) is 24.1 Å². The number of nitrogens with zero attached hydrogens (tertiary/aromatic N) is 4. The third-order valence-electron chi connectivity index (χ3n) is 4.49. The first-order valence-electron chi connectivity index (χ1n) is 8.69. The Bertz CT molecular complexity index is 948. The molecule has 1 saturated heterocycles. The van der Waals surface area contributed by atoms with Gasteiger partial charge in [0.1, 0.15) is 0 Å². The lowest BCUT2D eigenvalue weighted by Crippen LogP contribution is -2.56. The smallest absolute Gasteiger partial charge is 0.418 e. The molecule has 0 saturated carbocycles. The van der Waals surface area contributed by atoms with E-state index in [0.29, 0.717) is 17.4 Å². The number of anilines is 1. The Morgan fingerprint density at radius 1 is 1.21 bits per heavy atom. The highest BCUT2D eigenvalue weighted by Crippen LogP contribution is 2.44. The first-order chi connectivity index (χ1) is 14.0. The molecule has 3 unspecified atom stereocenters. The summed E-state index contributed by atoms with van der Waals surface area (Å²) >= 11 is 0.525. The molecule has 150 valence electrons. The summed E-state index contributed by atoms with van der Waals surface area (Å²) < 4.78 is 21.4. The third-order valence-corrected chi connectivity index (χ3v) is 5.67. The number of carbonyl (C=O) groups is 2. The average Bonchev–Trinajstić information content (AvgIpc) is 3.19. The number of carbonyl (C=O) groups excluding carboxylic acids is 1. The van der Waals surface area contributed by atoms with Crippen molar-refractivity contribution in [3.05, 3.63) is 54.6 Å². The molecule has 2 aromatic rings. The van der Waals surface area contributed by atoms with E-state index in [9.17, 15) is 14.7 Å². The molecule has 2 amide bonds. The predicted molar refractivity (Wildman–Crippen MR) is 103 cm³/mol. The minimum atomic E-state index is -2.35. The molecule has 1 aromatic carbocycles. The zero-order chi connectivity index (χ0) is 20.4. The largest absolute Gasteiger partial charge is 0.464 e. The Morgan fingerprint density at radius 3 is 2.62 bits per heavy atom. The fourth-order valence-electron chi connectivity index (χ4n) is 3.13. The van der Waals surface area contributed by atoms with Crippen molar-refractivity contribution in [3.8, 4) is 0 Å². The minimum Gasteiger partial charge on any atom is -0.464 e. The molecule has 4 rings (SSSR count). The number of hydrogen-bond acceptors (Lipinski definition) is 7. The number of fused-ring (bicyclic) bond motifs is 1. The number of rotatable bonds is 3. The zero-order valence-corrected chi connectivity index (χ0v) is 15.8. The van der Waals surface area contributed by atoms with E-state index >= 15 is 4.39 Å². The number of alkyl halides is 1. The number of benzene rings is 1. The van der Waals surface area contributed by atoms with Crippen LogP contribution in [0.15, 0.2) is 53.8 Å². The second-order valence-corrected chi connectivity index (χ2v) is 7.51. The van der Waals surface area contributed by atoms with Crippen LogP contribution in [-0.2, 0) is 4.74 Å². The van der Waals surface area contributed by atoms with Gasteiger partial charge in [0, 0.05) is 12.4 Å². The van der Waals surface area contributed by atoms with E-state index in [1.54, 1.807) is 30.3 Å². The van der Waals surface area contributed by atoms with Crippen LogP contribution in [0.25, 0.3) is 0 Å². The lowest BCUT2D eigenvalue weighted by atomic mass is 10.0. The molecular weight excluding hydrogens is 401 g/mol. The van der Waals surface area contributed by atoms with Crippen molar-refractivity contribution in [2.45, 2.75) is 11.2 Å². The number of aliphatic imine (C=N–C) groups is 1. The summed E-state index contributed by atoms with van der Waals surface area (Å²) in [5.74, 6) is -1.78. The van der Waals surface area contributed by atoms with Crippen molar-refractivity contribution >= 4 is 34.6 Å². The van der Waals surface area contributed by atoms with Crippen molar-refractivity contribution in [3.63, 3.8) is 0 Å². The van der Waals surface area contributed by atoms with Crippen LogP contribution < -0.4 is 10.2 Å². The Labute approximate surface area is 169 Å². The van der Waals surface area contributed by atoms with Gasteiger partial charge in [0.15, 0.2) is 5.17 Å². The monoisotopic (exact) mass is 417 g/mol. The normalized spacial score (nSPS) is 25.6. The Morgan fingerprint density at radius 2 is 1.93 bits per heavy atom. The topological polar surface area (TPSA) is 117 Å². The number of carboxylic acid groups (broad SMARTS) is 1. The summed E-state index contributed by atoms with van der Waals surface area (Å²) in [5, 5.41) is 9.59. The molecule has 0 radical (unpaired) electrons. The molecule has 2 N–H and O–H groups in total. The van der Waals surface area contributed by atoms with Crippen LogP contribution in [-0.4, -0.2) is 56.6 Å². The van der Waals surface area contributed by atoms with E-state index in [1.165, 1.54) is 18.5 Å². The highest BCUT2D eigenvalue weighted by atomic mass is 32.2. The molecule has 29 heavy (non-hydrogen) atoms. The molecule has 0 bridgehead atoms. The molecule has 0 aliphatic carbocycles. The highest BCUT2D eigenvalue weighted by Gasteiger charge is 2.54. The molecule has 1 fully saturated rings. The van der Waals surface area contributed by atoms with Crippen molar-refractivity contribution in [1.82, 2.24) is 15.3 Å². The van der Waals surface area contributed by atoms with Gasteiger partial charge in [-0.15, -0.1) is 0 Å². The summed E-state index contributed by atoms with van der Waals surface area (Å²) in [6.45, 7) is 0.166. The lowest BCUT2D eigenvalue weighted by Gasteiger charge is -2.38. The van der Waals surface area contributed by atoms with Crippen LogP contribution in [0, 0.1) is 5.92 Å². The number of thioether (sulfide) groups is 1. The van der Waals surface area contributed by atoms with Crippen LogP contribution in [0.1, 0.15) is 10.6 Å². The number of aromatic nitrogens is 2. The van der Waals surface area contributed by atoms with E-state index in [0.717, 1.165) is 4.90 Å². The van der Waals surface area contributed by atoms with Crippen LogP contribution in [0.4, 0.5) is 14.9 Å². The van der Waals surface area contributed by atoms with Crippen molar-refractivity contribution < 1.29 is 23.8 Å². The summed E-state index contributed by atoms with van der Waals surface area (Å²) in [4.78, 5) is 37.3. The predicted octanol–water partition coefficient (Wildman–Crippen LogP) is 2.13. The Kier molecular flexibility index (Phi) is 5.16. The number of amides is 2. The highest BCUT2D eigenvalue weighted by molar-refractivity contribution is 8.15. The van der Waals surface area contributed by atoms with Crippen LogP contribution in [0.3, 0.4) is 0 Å². The fraction of sp³-hybridized carbons (Fsp3) is 0.278. The molecular formula is C18H16FN5O4S. The fourth-order valence-corrected chi connectivity index (χ4v) is 4.38. The van der Waals surface area contributed by atoms with Gasteiger partial charge in [0.05, 0.1) is 30.9 Å². The SMILES string of the molecule is O=C(NC1(F)SC(N(C(=O)O)c2ccccc2)=NC2COCC21)c1ncccn1. The van der Waals surface area contributed by atoms with Gasteiger partial charge in [0.2, 0.25) is 10.9 Å². The van der Waals surface area contributed by atoms with E-state index in [2.05, 4.69) is 20.3 Å². The van der Waals surface area contributed by atoms with Crippen molar-refractivity contribution in [2.75, 3.05) is 18.1 Å². The van der Waals surface area contributed by atoms with Gasteiger partial charge < -0.3 is 15.2 Å². The number of para-hydroxylation sites is 1. The van der Waals surface area contributed by atoms with Gasteiger partial charge >= 0.3 is 6.09 Å². The van der Waals surface area contributed by atoms with Gasteiger partial charge in [0.25, 0.3) is 5.91 Å². The number of ether oxygens (including phenoxy) is 1. The van der Waals surface area contributed by atoms with E-state index in [4.69, 9.17) is 4.74 Å². The quantitative estimate of drug-likeness (QED) is 0.735. The van der Waals surface area contributed by atoms with Gasteiger partial charge in [-0.3, -0.25) is 9.79 Å². The van der Waals surface area contributed by atoms with Crippen LogP contribution in [0.2, 0.25) is 0 Å². The molecule has 2 aliphatic rings. The van der Waals surface area contributed by atoms with Crippen molar-refractivity contribution in [2.24, 2.45) is 10.9 Å². The molecule has 11 heteroatoms. The maximum Gasteiger partial charge on any atom is 0.418 e. The Balaban J connectivity index is 1.67. The first-order valence-corrected chi connectivity index (χ1v) is 9.51. The molecule has 9 nitrogen and oxygen atoms in total. The maximum absolute atomic E-state index is 16.0. The second-order valence-electron chi connectivity index (χ2n) is 6.35. The average molecular weight is 417 g/mol. The van der Waals surface area contributed by atoms with E-state index in [1.807, 2.05) is 0 Å². The molecule has 3 heterocycles. The standard InChI is InChI=1S/C18H16FN5O4S/c19-18(23-15(25)14-20-7-4-8-21-14)12-9-28-10-13(12)22-16(29-18)24(17(26)27)11-5-2-1-3-6-11/h1-8,12-13H,9-10H2,(H,23,25)(H,26,27). The van der Waals surface area contributed by atoms with Crippen LogP contribution in [0.5, 0.6) is 0 Å². The van der Waals surface area contributed by atoms with Gasteiger partial charge in [-0.05, 0) is 30.0 Å². The Hall–Kier alpha value is -3.05. The second kappa shape index (κ2) is 7.76. The van der Waals surface area contributed by atoms with Crippen LogP contribution >= 0.6 is 11.8 Å². The molecule has 1 aromatic heterocycles. The summed E-state index contributed by atoms with van der Waals surface area (Å²) in [6.07, 6.45) is 1.42. The first kappa shape index (κ1) is 19.3. The number of halogens is 1. The molecule has 0 spiro atoms. The summed E-state index contributed by atoms with van der Waals surface area (Å²) in [5.41, 5.74) is 0.309. The van der Waals surface area contributed by atoms with Gasteiger partial charge in [-0.2, -0.15) is 0 Å².